The molecule has 2 aromatic carbocycles. The number of aliphatic hydroxyl groups is 1. The number of Topliss-reactive ketones (excluding diaryl/α,β-unsaturated/α-hetero) is 1. The van der Waals surface area contributed by atoms with Crippen molar-refractivity contribution in [1.82, 2.24) is 14.5 Å². The van der Waals surface area contributed by atoms with Crippen molar-refractivity contribution in [2.24, 2.45) is 0 Å². The fourth-order valence-electron chi connectivity index (χ4n) is 3.99. The first kappa shape index (κ1) is 23.0. The maximum Gasteiger partial charge on any atom is 0.295 e. The highest BCUT2D eigenvalue weighted by molar-refractivity contribution is 6.46. The lowest BCUT2D eigenvalue weighted by Gasteiger charge is -2.25. The van der Waals surface area contributed by atoms with Crippen LogP contribution in [0.4, 0.5) is 4.39 Å². The molecule has 1 fully saturated rings. The van der Waals surface area contributed by atoms with Gasteiger partial charge in [0.05, 0.1) is 17.9 Å². The number of aliphatic hydroxyl groups excluding tert-OH is 1. The molecule has 0 saturated carbocycles. The van der Waals surface area contributed by atoms with E-state index in [4.69, 9.17) is 4.74 Å². The van der Waals surface area contributed by atoms with Crippen LogP contribution in [-0.4, -0.2) is 44.4 Å². The normalized spacial score (nSPS) is 17.2. The molecule has 0 radical (unpaired) electrons. The molecule has 1 amide bonds. The van der Waals surface area contributed by atoms with Gasteiger partial charge in [-0.15, -0.1) is 0 Å². The van der Waals surface area contributed by atoms with Crippen LogP contribution in [0.3, 0.4) is 0 Å². The summed E-state index contributed by atoms with van der Waals surface area (Å²) in [5, 5.41) is 11.0. The SMILES string of the molecule is C=CCOc1cccc(C2C(=C(O)c3ccc(F)cc3)C(=O)C(=O)N2CCCn2ccnc2)c1. The number of aromatic nitrogens is 2. The van der Waals surface area contributed by atoms with Gasteiger partial charge in [0.1, 0.15) is 23.9 Å². The molecule has 0 bridgehead atoms. The second-order valence-corrected chi connectivity index (χ2v) is 7.83. The van der Waals surface area contributed by atoms with Crippen molar-refractivity contribution in [3.05, 3.63) is 102 Å². The van der Waals surface area contributed by atoms with Crippen molar-refractivity contribution in [2.75, 3.05) is 13.2 Å². The van der Waals surface area contributed by atoms with Crippen molar-refractivity contribution in [1.29, 1.82) is 0 Å². The van der Waals surface area contributed by atoms with E-state index in [1.807, 2.05) is 10.8 Å². The fraction of sp³-hybridized carbons (Fsp3) is 0.192. The molecule has 8 heteroatoms. The Morgan fingerprint density at radius 3 is 2.68 bits per heavy atom. The number of ketones is 1. The Bertz CT molecular complexity index is 1220. The first-order chi connectivity index (χ1) is 16.5. The first-order valence-corrected chi connectivity index (χ1v) is 10.8. The largest absolute Gasteiger partial charge is 0.507 e. The average Bonchev–Trinajstić information content (AvgIpc) is 3.45. The number of rotatable bonds is 9. The molecule has 7 nitrogen and oxygen atoms in total. The number of nitrogens with zero attached hydrogens (tertiary/aromatic N) is 3. The van der Waals surface area contributed by atoms with E-state index >= 15 is 0 Å². The van der Waals surface area contributed by atoms with Crippen LogP contribution in [-0.2, 0) is 16.1 Å². The molecule has 1 atom stereocenters. The summed E-state index contributed by atoms with van der Waals surface area (Å²) in [6.07, 6.45) is 7.36. The molecule has 34 heavy (non-hydrogen) atoms. The number of halogens is 1. The second-order valence-electron chi connectivity index (χ2n) is 7.83. The number of ether oxygens (including phenoxy) is 1. The summed E-state index contributed by atoms with van der Waals surface area (Å²) in [7, 11) is 0. The smallest absolute Gasteiger partial charge is 0.295 e. The third kappa shape index (κ3) is 4.76. The minimum atomic E-state index is -0.819. The Kier molecular flexibility index (Phi) is 6.87. The number of likely N-dealkylation sites (tertiary alicyclic amines) is 1. The van der Waals surface area contributed by atoms with Crippen LogP contribution in [0.2, 0.25) is 0 Å². The maximum absolute atomic E-state index is 13.4. The molecule has 1 unspecified atom stereocenters. The summed E-state index contributed by atoms with van der Waals surface area (Å²) >= 11 is 0. The van der Waals surface area contributed by atoms with E-state index in [1.165, 1.54) is 29.2 Å². The predicted molar refractivity (Wildman–Crippen MR) is 124 cm³/mol. The summed E-state index contributed by atoms with van der Waals surface area (Å²) in [5.74, 6) is -1.76. The number of benzene rings is 2. The number of imidazole rings is 1. The maximum atomic E-state index is 13.4. The van der Waals surface area contributed by atoms with Crippen molar-refractivity contribution in [3.8, 4) is 5.75 Å². The number of carbonyl (C=O) groups excluding carboxylic acids is 2. The first-order valence-electron chi connectivity index (χ1n) is 10.8. The van der Waals surface area contributed by atoms with Crippen LogP contribution in [0, 0.1) is 5.82 Å². The standard InChI is InChI=1S/C26H24FN3O4/c1-2-15-34-21-6-3-5-19(16-21)23-22(24(31)18-7-9-20(27)10-8-18)25(32)26(33)30(23)13-4-12-29-14-11-28-17-29/h2-3,5-11,14,16-17,23,31H,1,4,12-13,15H2. The highest BCUT2D eigenvalue weighted by Gasteiger charge is 2.45. The lowest BCUT2D eigenvalue weighted by atomic mass is 9.95. The third-order valence-electron chi connectivity index (χ3n) is 5.57. The molecule has 0 spiro atoms. The van der Waals surface area contributed by atoms with E-state index in [-0.39, 0.29) is 23.4 Å². The molecule has 2 heterocycles. The van der Waals surface area contributed by atoms with Crippen molar-refractivity contribution in [3.63, 3.8) is 0 Å². The van der Waals surface area contributed by atoms with E-state index in [1.54, 1.807) is 42.9 Å². The second kappa shape index (κ2) is 10.2. The van der Waals surface area contributed by atoms with Crippen LogP contribution >= 0.6 is 0 Å². The summed E-state index contributed by atoms with van der Waals surface area (Å²) in [6, 6.07) is 11.3. The Labute approximate surface area is 196 Å². The van der Waals surface area contributed by atoms with Crippen LogP contribution in [0.25, 0.3) is 5.76 Å². The molecule has 4 rings (SSSR count). The molecular formula is C26H24FN3O4. The molecule has 3 aromatic rings. The van der Waals surface area contributed by atoms with Crippen LogP contribution < -0.4 is 4.74 Å². The molecule has 1 N–H and O–H groups in total. The average molecular weight is 461 g/mol. The molecular weight excluding hydrogens is 437 g/mol. The number of aryl methyl sites for hydroxylation is 1. The van der Waals surface area contributed by atoms with Gasteiger partial charge in [-0.05, 0) is 48.4 Å². The molecule has 1 aliphatic rings. The van der Waals surface area contributed by atoms with Gasteiger partial charge in [0.2, 0.25) is 0 Å². The summed E-state index contributed by atoms with van der Waals surface area (Å²) in [5.41, 5.74) is 0.828. The quantitative estimate of drug-likeness (QED) is 0.225. The molecule has 0 aliphatic carbocycles. The van der Waals surface area contributed by atoms with Crippen molar-refractivity contribution < 1.29 is 23.8 Å². The molecule has 1 saturated heterocycles. The van der Waals surface area contributed by atoms with Crippen LogP contribution in [0.1, 0.15) is 23.6 Å². The number of hydrogen-bond donors (Lipinski definition) is 1. The summed E-state index contributed by atoms with van der Waals surface area (Å²) < 4.78 is 20.9. The zero-order chi connectivity index (χ0) is 24.1. The van der Waals surface area contributed by atoms with E-state index < -0.39 is 23.5 Å². The predicted octanol–water partition coefficient (Wildman–Crippen LogP) is 4.10. The van der Waals surface area contributed by atoms with Crippen LogP contribution in [0.15, 0.2) is 85.5 Å². The molecule has 174 valence electrons. The van der Waals surface area contributed by atoms with E-state index in [0.717, 1.165) is 0 Å². The van der Waals surface area contributed by atoms with Gasteiger partial charge in [-0.2, -0.15) is 0 Å². The van der Waals surface area contributed by atoms with Gasteiger partial charge in [0.25, 0.3) is 11.7 Å². The van der Waals surface area contributed by atoms with Gasteiger partial charge in [-0.25, -0.2) is 9.37 Å². The van der Waals surface area contributed by atoms with E-state index in [9.17, 15) is 19.1 Å². The Hall–Kier alpha value is -4.20. The summed E-state index contributed by atoms with van der Waals surface area (Å²) in [4.78, 5) is 31.6. The minimum Gasteiger partial charge on any atom is -0.507 e. The third-order valence-corrected chi connectivity index (χ3v) is 5.57. The van der Waals surface area contributed by atoms with Crippen molar-refractivity contribution >= 4 is 17.4 Å². The highest BCUT2D eigenvalue weighted by Crippen LogP contribution is 2.40. The Morgan fingerprint density at radius 1 is 1.18 bits per heavy atom. The number of amides is 1. The topological polar surface area (TPSA) is 84.7 Å². The lowest BCUT2D eigenvalue weighted by Crippen LogP contribution is -2.31. The molecule has 1 aromatic heterocycles. The van der Waals surface area contributed by atoms with Gasteiger partial charge in [0.15, 0.2) is 0 Å². The number of hydrogen-bond acceptors (Lipinski definition) is 5. The van der Waals surface area contributed by atoms with E-state index in [2.05, 4.69) is 11.6 Å². The molecule has 1 aliphatic heterocycles. The Balaban J connectivity index is 1.73. The minimum absolute atomic E-state index is 0.0416. The zero-order valence-electron chi connectivity index (χ0n) is 18.4. The number of carbonyl (C=O) groups is 2. The zero-order valence-corrected chi connectivity index (χ0v) is 18.4. The summed E-state index contributed by atoms with van der Waals surface area (Å²) in [6.45, 7) is 4.83. The van der Waals surface area contributed by atoms with Crippen molar-refractivity contribution in [2.45, 2.75) is 19.0 Å². The van der Waals surface area contributed by atoms with Crippen LogP contribution in [0.5, 0.6) is 5.75 Å². The van der Waals surface area contributed by atoms with E-state index in [0.29, 0.717) is 30.9 Å². The van der Waals surface area contributed by atoms with Gasteiger partial charge < -0.3 is 19.3 Å². The van der Waals surface area contributed by atoms with Gasteiger partial charge in [-0.1, -0.05) is 24.8 Å². The van der Waals surface area contributed by atoms with Gasteiger partial charge >= 0.3 is 0 Å². The monoisotopic (exact) mass is 461 g/mol. The Morgan fingerprint density at radius 2 is 1.97 bits per heavy atom. The lowest BCUT2D eigenvalue weighted by molar-refractivity contribution is -0.139. The highest BCUT2D eigenvalue weighted by atomic mass is 19.1. The van der Waals surface area contributed by atoms with Gasteiger partial charge in [0, 0.05) is 31.0 Å². The fourth-order valence-corrected chi connectivity index (χ4v) is 3.99. The van der Waals surface area contributed by atoms with Gasteiger partial charge in [-0.3, -0.25) is 9.59 Å².